The predicted molar refractivity (Wildman–Crippen MR) is 170 cm³/mol. The number of nitrogens with one attached hydrogen (secondary N) is 2. The summed E-state index contributed by atoms with van der Waals surface area (Å²) < 4.78 is 31.6. The quantitative estimate of drug-likeness (QED) is 0.189. The van der Waals surface area contributed by atoms with Crippen molar-refractivity contribution in [2.75, 3.05) is 0 Å². The van der Waals surface area contributed by atoms with E-state index in [1.54, 1.807) is 12.1 Å². The molecule has 0 spiro atoms. The van der Waals surface area contributed by atoms with Gasteiger partial charge < -0.3 is 0 Å². The molecule has 0 unspecified atom stereocenters. The fraction of sp³-hybridized carbons (Fsp3) is 0. The summed E-state index contributed by atoms with van der Waals surface area (Å²) in [4.78, 5) is 36.0. The fourth-order valence-corrected chi connectivity index (χ4v) is 8.57. The van der Waals surface area contributed by atoms with Gasteiger partial charge in [0.1, 0.15) is 0 Å². The Labute approximate surface area is 272 Å². The Kier molecular flexibility index (Phi) is 6.13. The standard InChI is InChI=1S/C32H18N8O3S.ClH.Rh/c41-44(42,43)23-15-7-14-22-24(23)32-39-30-21-13-6-5-12-20(21)28(37-30)35-26-17-9-2-1-8-16(17)25(33-26)34-27-18-10-3-4-11-19(18)29(36-27)38-31(22)40-32;;/h1-15H,(H,41,42,43)(H2,33,34,35,36,37,38,39,40);1H;/q;;+2/p-2. The van der Waals surface area contributed by atoms with E-state index in [9.17, 15) is 8.42 Å². The number of rotatable bonds is 3. The molecular weight excluding hydrogens is 715 g/mol. The van der Waals surface area contributed by atoms with Gasteiger partial charge in [-0.1, -0.05) is 24.3 Å². The second kappa shape index (κ2) is 10.3. The summed E-state index contributed by atoms with van der Waals surface area (Å²) in [6, 6.07) is 28.0. The summed E-state index contributed by atoms with van der Waals surface area (Å²) in [6.45, 7) is 0. The number of hydrogen-bond donors (Lipinski definition) is 2. The van der Waals surface area contributed by atoms with Gasteiger partial charge in [0.05, 0.1) is 0 Å². The molecule has 11 nitrogen and oxygen atoms in total. The average molecular weight is 732 g/mol. The Bertz CT molecular complexity index is 2710. The first-order chi connectivity index (χ1) is 22.5. The first kappa shape index (κ1) is 27.4. The molecule has 7 aromatic rings. The van der Waals surface area contributed by atoms with Crippen molar-refractivity contribution in [1.29, 1.82) is 0 Å². The van der Waals surface area contributed by atoms with E-state index in [1.807, 2.05) is 72.8 Å². The third-order valence-electron chi connectivity index (χ3n) is 7.90. The normalized spacial score (nSPS) is 12.5. The molecule has 9 rings (SSSR count). The van der Waals surface area contributed by atoms with E-state index in [1.165, 1.54) is 6.07 Å². The molecule has 3 aromatic heterocycles. The minimum atomic E-state index is -4.22. The van der Waals surface area contributed by atoms with E-state index in [4.69, 9.17) is 42.6 Å². The molecule has 0 fully saturated rings. The summed E-state index contributed by atoms with van der Waals surface area (Å²) in [5, 5.41) is 2.54. The number of H-pyrrole nitrogens is 2. The van der Waals surface area contributed by atoms with Crippen LogP contribution in [0.2, 0.25) is 0 Å². The molecule has 5 heterocycles. The zero-order valence-electron chi connectivity index (χ0n) is 23.2. The van der Waals surface area contributed by atoms with Crippen molar-refractivity contribution in [3.63, 3.8) is 0 Å². The number of aromatic amines is 2. The van der Waals surface area contributed by atoms with Crippen LogP contribution in [0.4, 0.5) is 0 Å². The summed E-state index contributed by atoms with van der Waals surface area (Å²) >= 11 is -1.19. The SMILES string of the molecule is O=S(=O)([O][Rh][Cl])c1cccc2c3nc4nc(nc5[nH]c(nc6nc(nc([nH]3)c12)-c1ccccc1-6)c1ccccc51)-c1ccccc1-4. The molecule has 46 heavy (non-hydrogen) atoms. The van der Waals surface area contributed by atoms with Gasteiger partial charge in [-0.3, -0.25) is 0 Å². The fourth-order valence-electron chi connectivity index (χ4n) is 5.92. The van der Waals surface area contributed by atoms with E-state index in [0.29, 0.717) is 51.0 Å². The van der Waals surface area contributed by atoms with E-state index < -0.39 is 26.6 Å². The van der Waals surface area contributed by atoms with Crippen LogP contribution in [-0.2, 0) is 29.6 Å². The number of benzene rings is 4. The van der Waals surface area contributed by atoms with Gasteiger partial charge in [-0.05, 0) is 0 Å². The van der Waals surface area contributed by atoms with Crippen LogP contribution in [0.3, 0.4) is 0 Å². The number of fused-ring (bicyclic) bond motifs is 20. The molecule has 8 bridgehead atoms. The van der Waals surface area contributed by atoms with Crippen LogP contribution in [0, 0.1) is 0 Å². The molecule has 0 saturated carbocycles. The van der Waals surface area contributed by atoms with Crippen molar-refractivity contribution in [2.45, 2.75) is 4.90 Å². The molecule has 2 aliphatic rings. The third kappa shape index (κ3) is 4.20. The van der Waals surface area contributed by atoms with Gasteiger partial charge in [0, 0.05) is 5.39 Å². The van der Waals surface area contributed by atoms with Gasteiger partial charge >= 0.3 is 244 Å². The van der Waals surface area contributed by atoms with Crippen molar-refractivity contribution in [3.05, 3.63) is 91.0 Å². The summed E-state index contributed by atoms with van der Waals surface area (Å²) in [5.74, 6) is 1.68. The van der Waals surface area contributed by atoms with Crippen molar-refractivity contribution in [2.24, 2.45) is 0 Å². The van der Waals surface area contributed by atoms with Crippen LogP contribution in [0.15, 0.2) is 95.9 Å². The maximum atomic E-state index is 13.3. The van der Waals surface area contributed by atoms with Crippen molar-refractivity contribution in [1.82, 2.24) is 39.9 Å². The Morgan fingerprint density at radius 2 is 0.935 bits per heavy atom. The van der Waals surface area contributed by atoms with Crippen molar-refractivity contribution >= 4 is 63.9 Å². The number of hydrogen-bond acceptors (Lipinski definition) is 9. The molecule has 225 valence electrons. The average Bonchev–Trinajstić information content (AvgIpc) is 3.80. The molecule has 0 atom stereocenters. The van der Waals surface area contributed by atoms with Gasteiger partial charge in [-0.25, -0.2) is 0 Å². The van der Waals surface area contributed by atoms with Crippen LogP contribution in [0.5, 0.6) is 0 Å². The first-order valence-corrected chi connectivity index (χ1v) is 18.1. The summed E-state index contributed by atoms with van der Waals surface area (Å²) in [6.07, 6.45) is 0. The zero-order valence-corrected chi connectivity index (χ0v) is 26.4. The number of halogens is 1. The van der Waals surface area contributed by atoms with E-state index in [-0.39, 0.29) is 10.5 Å². The van der Waals surface area contributed by atoms with Crippen LogP contribution < -0.4 is 0 Å². The van der Waals surface area contributed by atoms with E-state index >= 15 is 0 Å². The van der Waals surface area contributed by atoms with E-state index in [2.05, 4.69) is 9.97 Å². The number of nitrogens with zero attached hydrogens (tertiary/aromatic N) is 6. The molecule has 0 aliphatic carbocycles. The van der Waals surface area contributed by atoms with Crippen LogP contribution in [0.25, 0.3) is 89.7 Å². The van der Waals surface area contributed by atoms with Crippen LogP contribution >= 0.6 is 9.69 Å². The minimum absolute atomic E-state index is 0.0919. The topological polar surface area (TPSA) is 152 Å². The molecule has 0 saturated heterocycles. The van der Waals surface area contributed by atoms with Crippen molar-refractivity contribution < 1.29 is 27.9 Å². The third-order valence-corrected chi connectivity index (χ3v) is 11.1. The Hall–Kier alpha value is -4.94. The Morgan fingerprint density at radius 1 is 0.522 bits per heavy atom. The van der Waals surface area contributed by atoms with E-state index in [0.717, 1.165) is 33.0 Å². The van der Waals surface area contributed by atoms with Gasteiger partial charge in [-0.2, -0.15) is 0 Å². The molecular formula is C32H17ClN8O3RhS. The predicted octanol–water partition coefficient (Wildman–Crippen LogP) is 6.73. The molecule has 0 radical (unpaired) electrons. The van der Waals surface area contributed by atoms with Gasteiger partial charge in [0.15, 0.2) is 0 Å². The molecule has 14 heteroatoms. The Morgan fingerprint density at radius 3 is 1.43 bits per heavy atom. The first-order valence-electron chi connectivity index (χ1n) is 13.9. The van der Waals surface area contributed by atoms with Crippen LogP contribution in [0.1, 0.15) is 0 Å². The maximum absolute atomic E-state index is 13.3. The molecule has 0 amide bonds. The monoisotopic (exact) mass is 731 g/mol. The van der Waals surface area contributed by atoms with Gasteiger partial charge in [0.2, 0.25) is 0 Å². The molecule has 2 N–H and O–H groups in total. The summed E-state index contributed by atoms with van der Waals surface area (Å²) in [5.41, 5.74) is 4.86. The second-order valence-electron chi connectivity index (χ2n) is 10.5. The number of aromatic nitrogens is 8. The van der Waals surface area contributed by atoms with Gasteiger partial charge in [0.25, 0.3) is 0 Å². The second-order valence-corrected chi connectivity index (χ2v) is 13.6. The molecule has 2 aliphatic heterocycles. The molecule has 4 aromatic carbocycles. The summed E-state index contributed by atoms with van der Waals surface area (Å²) in [7, 11) is 1.55. The zero-order chi connectivity index (χ0) is 31.0. The van der Waals surface area contributed by atoms with Crippen molar-refractivity contribution in [3.8, 4) is 45.6 Å². The Balaban J connectivity index is 1.51. The van der Waals surface area contributed by atoms with Gasteiger partial charge in [-0.15, -0.1) is 0 Å². The van der Waals surface area contributed by atoms with Crippen LogP contribution in [-0.4, -0.2) is 48.3 Å².